The van der Waals surface area contributed by atoms with Crippen molar-refractivity contribution < 1.29 is 0 Å². The SMILES string of the molecule is Cc1cccc(-c2cc(-c3ccc(-n4c5ccccc5c5cc(-n6c7ccccc7c7ccccc76)ccc54)c(C)c3)nc(-c3cccc(C)c3)n2)c1. The minimum Gasteiger partial charge on any atom is -0.309 e. The second kappa shape index (κ2) is 12.2. The zero-order valence-corrected chi connectivity index (χ0v) is 29.9. The third-order valence-corrected chi connectivity index (χ3v) is 10.5. The van der Waals surface area contributed by atoms with E-state index in [1.54, 1.807) is 0 Å². The van der Waals surface area contributed by atoms with Gasteiger partial charge < -0.3 is 9.13 Å². The van der Waals surface area contributed by atoms with Gasteiger partial charge in [-0.25, -0.2) is 9.97 Å². The lowest BCUT2D eigenvalue weighted by Crippen LogP contribution is -1.99. The van der Waals surface area contributed by atoms with Crippen LogP contribution in [0.1, 0.15) is 16.7 Å². The Morgan fingerprint density at radius 1 is 0.377 bits per heavy atom. The molecular weight excluding hydrogens is 645 g/mol. The van der Waals surface area contributed by atoms with Gasteiger partial charge in [0.25, 0.3) is 0 Å². The van der Waals surface area contributed by atoms with E-state index >= 15 is 0 Å². The molecule has 0 saturated heterocycles. The van der Waals surface area contributed by atoms with Crippen LogP contribution in [0.25, 0.3) is 88.9 Å². The van der Waals surface area contributed by atoms with Gasteiger partial charge in [0.2, 0.25) is 0 Å². The van der Waals surface area contributed by atoms with Gasteiger partial charge in [-0.2, -0.15) is 0 Å². The van der Waals surface area contributed by atoms with Gasteiger partial charge in [-0.1, -0.05) is 108 Å². The number of hydrogen-bond acceptors (Lipinski definition) is 2. The van der Waals surface area contributed by atoms with Crippen molar-refractivity contribution in [3.8, 4) is 45.3 Å². The van der Waals surface area contributed by atoms with E-state index in [-0.39, 0.29) is 0 Å². The number of aromatic nitrogens is 4. The van der Waals surface area contributed by atoms with E-state index in [2.05, 4.69) is 194 Å². The van der Waals surface area contributed by atoms with Crippen molar-refractivity contribution in [2.24, 2.45) is 0 Å². The van der Waals surface area contributed by atoms with E-state index in [1.165, 1.54) is 60.3 Å². The molecule has 3 heterocycles. The monoisotopic (exact) mass is 680 g/mol. The van der Waals surface area contributed by atoms with Gasteiger partial charge in [-0.15, -0.1) is 0 Å². The minimum atomic E-state index is 0.728. The van der Waals surface area contributed by atoms with E-state index in [4.69, 9.17) is 9.97 Å². The van der Waals surface area contributed by atoms with Gasteiger partial charge in [-0.05, 0) is 93.1 Å². The maximum atomic E-state index is 5.15. The zero-order valence-electron chi connectivity index (χ0n) is 29.9. The maximum absolute atomic E-state index is 5.15. The Bertz CT molecular complexity index is 2930. The van der Waals surface area contributed by atoms with Gasteiger partial charge in [0, 0.05) is 49.6 Å². The van der Waals surface area contributed by atoms with Crippen LogP contribution in [0.3, 0.4) is 0 Å². The lowest BCUT2D eigenvalue weighted by atomic mass is 10.0. The van der Waals surface area contributed by atoms with E-state index in [0.717, 1.165) is 45.3 Å². The number of rotatable bonds is 5. The molecule has 3 aromatic heterocycles. The molecule has 0 N–H and O–H groups in total. The van der Waals surface area contributed by atoms with E-state index in [9.17, 15) is 0 Å². The number of hydrogen-bond donors (Lipinski definition) is 0. The largest absolute Gasteiger partial charge is 0.309 e. The summed E-state index contributed by atoms with van der Waals surface area (Å²) in [5.74, 6) is 0.728. The second-order valence-electron chi connectivity index (χ2n) is 14.1. The standard InChI is InChI=1S/C49H36N4/c1-31-12-10-14-34(26-31)42-30-43(51-49(50-42)36-15-11-13-32(2)27-36)35-22-24-44(33(3)28-35)53-47-21-9-6-18-40(47)41-29-37(23-25-48(41)53)52-45-19-7-4-16-38(45)39-17-5-8-20-46(39)52/h4-30H,1-3H3. The summed E-state index contributed by atoms with van der Waals surface area (Å²) < 4.78 is 4.81. The van der Waals surface area contributed by atoms with Crippen molar-refractivity contribution in [1.82, 2.24) is 19.1 Å². The fraction of sp³-hybridized carbons (Fsp3) is 0.0612. The molecule has 0 saturated carbocycles. The Kier molecular flexibility index (Phi) is 7.12. The molecular formula is C49H36N4. The number of fused-ring (bicyclic) bond motifs is 6. The molecule has 10 aromatic rings. The molecule has 0 amide bonds. The molecule has 252 valence electrons. The molecule has 0 spiro atoms. The first kappa shape index (κ1) is 31.0. The van der Waals surface area contributed by atoms with E-state index < -0.39 is 0 Å². The van der Waals surface area contributed by atoms with Crippen LogP contribution in [-0.2, 0) is 0 Å². The predicted octanol–water partition coefficient (Wildman–Crippen LogP) is 12.6. The van der Waals surface area contributed by atoms with Gasteiger partial charge in [0.1, 0.15) is 0 Å². The molecule has 0 unspecified atom stereocenters. The molecule has 0 aliphatic rings. The summed E-state index contributed by atoms with van der Waals surface area (Å²) >= 11 is 0. The summed E-state index contributed by atoms with van der Waals surface area (Å²) in [6, 6.07) is 58.9. The smallest absolute Gasteiger partial charge is 0.160 e. The van der Waals surface area contributed by atoms with Crippen LogP contribution >= 0.6 is 0 Å². The first-order chi connectivity index (χ1) is 26.0. The van der Waals surface area contributed by atoms with Crippen LogP contribution in [0, 0.1) is 20.8 Å². The highest BCUT2D eigenvalue weighted by Gasteiger charge is 2.18. The molecule has 7 aromatic carbocycles. The lowest BCUT2D eigenvalue weighted by Gasteiger charge is -2.14. The van der Waals surface area contributed by atoms with Crippen LogP contribution in [0.5, 0.6) is 0 Å². The Hall–Kier alpha value is -6.78. The Balaban J connectivity index is 1.13. The van der Waals surface area contributed by atoms with E-state index in [1.807, 2.05) is 0 Å². The number of benzene rings is 7. The maximum Gasteiger partial charge on any atom is 0.160 e. The first-order valence-corrected chi connectivity index (χ1v) is 18.2. The van der Waals surface area contributed by atoms with Crippen molar-refractivity contribution in [3.63, 3.8) is 0 Å². The van der Waals surface area contributed by atoms with Crippen molar-refractivity contribution in [1.29, 1.82) is 0 Å². The second-order valence-corrected chi connectivity index (χ2v) is 14.1. The molecule has 0 fully saturated rings. The summed E-state index contributed by atoms with van der Waals surface area (Å²) in [6.07, 6.45) is 0. The Morgan fingerprint density at radius 2 is 0.906 bits per heavy atom. The topological polar surface area (TPSA) is 35.6 Å². The predicted molar refractivity (Wildman–Crippen MR) is 221 cm³/mol. The summed E-state index contributed by atoms with van der Waals surface area (Å²) in [5.41, 5.74) is 15.6. The van der Waals surface area contributed by atoms with Crippen molar-refractivity contribution >= 4 is 43.6 Å². The first-order valence-electron chi connectivity index (χ1n) is 18.2. The molecule has 0 radical (unpaired) electrons. The minimum absolute atomic E-state index is 0.728. The van der Waals surface area contributed by atoms with E-state index in [0.29, 0.717) is 0 Å². The highest BCUT2D eigenvalue weighted by atomic mass is 15.0. The zero-order chi connectivity index (χ0) is 35.6. The molecule has 4 nitrogen and oxygen atoms in total. The average Bonchev–Trinajstić information content (AvgIpc) is 3.70. The van der Waals surface area contributed by atoms with Gasteiger partial charge in [0.15, 0.2) is 5.82 Å². The third-order valence-electron chi connectivity index (χ3n) is 10.5. The normalized spacial score (nSPS) is 11.7. The van der Waals surface area contributed by atoms with Crippen LogP contribution in [0.2, 0.25) is 0 Å². The molecule has 0 atom stereocenters. The number of para-hydroxylation sites is 3. The van der Waals surface area contributed by atoms with Crippen molar-refractivity contribution in [2.45, 2.75) is 20.8 Å². The van der Waals surface area contributed by atoms with Crippen molar-refractivity contribution in [2.75, 3.05) is 0 Å². The molecule has 0 aliphatic carbocycles. The molecule has 53 heavy (non-hydrogen) atoms. The third kappa shape index (κ3) is 5.14. The van der Waals surface area contributed by atoms with Gasteiger partial charge >= 0.3 is 0 Å². The summed E-state index contributed by atoms with van der Waals surface area (Å²) in [4.78, 5) is 10.2. The highest BCUT2D eigenvalue weighted by molar-refractivity contribution is 6.12. The van der Waals surface area contributed by atoms with Crippen LogP contribution < -0.4 is 0 Å². The summed E-state index contributed by atoms with van der Waals surface area (Å²) in [7, 11) is 0. The van der Waals surface area contributed by atoms with Crippen LogP contribution in [0.4, 0.5) is 0 Å². The number of aryl methyl sites for hydroxylation is 3. The van der Waals surface area contributed by atoms with Gasteiger partial charge in [0.05, 0.1) is 33.5 Å². The fourth-order valence-corrected chi connectivity index (χ4v) is 8.09. The molecule has 0 bridgehead atoms. The summed E-state index contributed by atoms with van der Waals surface area (Å²) in [6.45, 7) is 6.43. The Labute approximate surface area is 308 Å². The molecule has 4 heteroatoms. The quantitative estimate of drug-likeness (QED) is 0.181. The highest BCUT2D eigenvalue weighted by Crippen LogP contribution is 2.38. The van der Waals surface area contributed by atoms with Gasteiger partial charge in [-0.3, -0.25) is 0 Å². The molecule has 0 aliphatic heterocycles. The Morgan fingerprint density at radius 3 is 1.53 bits per heavy atom. The van der Waals surface area contributed by atoms with Crippen LogP contribution in [-0.4, -0.2) is 19.1 Å². The van der Waals surface area contributed by atoms with Crippen molar-refractivity contribution in [3.05, 3.63) is 180 Å². The lowest BCUT2D eigenvalue weighted by molar-refractivity contribution is 1.14. The average molecular weight is 681 g/mol. The fourth-order valence-electron chi connectivity index (χ4n) is 8.09. The molecule has 10 rings (SSSR count). The summed E-state index contributed by atoms with van der Waals surface area (Å²) in [5, 5.41) is 4.99. The van der Waals surface area contributed by atoms with Crippen LogP contribution in [0.15, 0.2) is 164 Å². The number of nitrogens with zero attached hydrogens (tertiary/aromatic N) is 4.